The average Bonchev–Trinajstić information content (AvgIpc) is 3.06. The van der Waals surface area contributed by atoms with Crippen LogP contribution in [0, 0.1) is 0 Å². The van der Waals surface area contributed by atoms with E-state index in [1.54, 1.807) is 12.1 Å². The molecule has 0 aliphatic heterocycles. The van der Waals surface area contributed by atoms with E-state index in [-0.39, 0.29) is 11.7 Å². The van der Waals surface area contributed by atoms with Crippen LogP contribution in [-0.4, -0.2) is 22.2 Å². The van der Waals surface area contributed by atoms with E-state index >= 15 is 0 Å². The Morgan fingerprint density at radius 2 is 1.64 bits per heavy atom. The fraction of sp³-hybridized carbons (Fsp3) is 0. The third kappa shape index (κ3) is 2.95. The van der Waals surface area contributed by atoms with Gasteiger partial charge in [-0.25, -0.2) is 5.43 Å². The van der Waals surface area contributed by atoms with Crippen LogP contribution in [0.2, 0.25) is 0 Å². The number of H-pyrrole nitrogens is 1. The number of aromatic amines is 1. The number of carbonyl (C=O) groups is 1. The van der Waals surface area contributed by atoms with Gasteiger partial charge in [-0.05, 0) is 35.0 Å². The van der Waals surface area contributed by atoms with E-state index in [4.69, 9.17) is 0 Å². The van der Waals surface area contributed by atoms with Crippen molar-refractivity contribution in [3.8, 4) is 5.75 Å². The van der Waals surface area contributed by atoms with Gasteiger partial charge in [-0.15, -0.1) is 0 Å². The first-order chi connectivity index (χ1) is 12.2. The predicted octanol–water partition coefficient (Wildman–Crippen LogP) is 3.79. The summed E-state index contributed by atoms with van der Waals surface area (Å²) in [5.41, 5.74) is 4.33. The third-order valence-electron chi connectivity index (χ3n) is 4.04. The zero-order valence-corrected chi connectivity index (χ0v) is 13.2. The number of aromatic nitrogens is 1. The van der Waals surface area contributed by atoms with Gasteiger partial charge in [0.05, 0.1) is 6.21 Å². The van der Waals surface area contributed by atoms with Crippen molar-refractivity contribution in [1.82, 2.24) is 10.4 Å². The Balaban J connectivity index is 1.54. The molecule has 1 aromatic heterocycles. The van der Waals surface area contributed by atoms with Crippen molar-refractivity contribution in [2.24, 2.45) is 5.10 Å². The number of nitrogens with one attached hydrogen (secondary N) is 2. The summed E-state index contributed by atoms with van der Waals surface area (Å²) in [6.07, 6.45) is 1.43. The highest BCUT2D eigenvalue weighted by Gasteiger charge is 2.08. The molecule has 5 heteroatoms. The van der Waals surface area contributed by atoms with E-state index in [1.165, 1.54) is 6.21 Å². The monoisotopic (exact) mass is 329 g/mol. The topological polar surface area (TPSA) is 77.5 Å². The minimum Gasteiger partial charge on any atom is -0.507 e. The highest BCUT2D eigenvalue weighted by atomic mass is 16.3. The van der Waals surface area contributed by atoms with Crippen molar-refractivity contribution < 1.29 is 9.90 Å². The van der Waals surface area contributed by atoms with Gasteiger partial charge in [0, 0.05) is 16.5 Å². The van der Waals surface area contributed by atoms with Crippen LogP contribution in [0.5, 0.6) is 5.75 Å². The van der Waals surface area contributed by atoms with Gasteiger partial charge >= 0.3 is 0 Å². The van der Waals surface area contributed by atoms with Crippen LogP contribution < -0.4 is 5.43 Å². The molecule has 25 heavy (non-hydrogen) atoms. The number of rotatable bonds is 3. The normalized spacial score (nSPS) is 11.4. The largest absolute Gasteiger partial charge is 0.507 e. The molecular weight excluding hydrogens is 314 g/mol. The van der Waals surface area contributed by atoms with E-state index < -0.39 is 0 Å². The Kier molecular flexibility index (Phi) is 3.67. The molecule has 0 bridgehead atoms. The van der Waals surface area contributed by atoms with Gasteiger partial charge < -0.3 is 10.1 Å². The van der Waals surface area contributed by atoms with Crippen molar-refractivity contribution in [2.45, 2.75) is 0 Å². The molecule has 0 unspecified atom stereocenters. The standard InChI is InChI=1S/C20H15N3O2/c24-19-11-14-6-2-1-5-13(14)9-16(19)12-21-23-20(25)18-10-15-7-3-4-8-17(15)22-18/h1-12,22,24H,(H,23,25). The summed E-state index contributed by atoms with van der Waals surface area (Å²) in [7, 11) is 0. The summed E-state index contributed by atoms with van der Waals surface area (Å²) in [5.74, 6) is -0.227. The second-order valence-electron chi connectivity index (χ2n) is 5.73. The van der Waals surface area contributed by atoms with E-state index in [9.17, 15) is 9.90 Å². The molecule has 4 aromatic rings. The summed E-state index contributed by atoms with van der Waals surface area (Å²) in [6.45, 7) is 0. The smallest absolute Gasteiger partial charge is 0.287 e. The minimum absolute atomic E-state index is 0.113. The van der Waals surface area contributed by atoms with Crippen molar-refractivity contribution in [3.05, 3.63) is 78.0 Å². The fourth-order valence-electron chi connectivity index (χ4n) is 2.77. The number of benzene rings is 3. The molecule has 0 saturated carbocycles. The molecule has 122 valence electrons. The Labute approximate surface area is 143 Å². The molecule has 0 saturated heterocycles. The summed E-state index contributed by atoms with van der Waals surface area (Å²) < 4.78 is 0. The number of aromatic hydroxyl groups is 1. The van der Waals surface area contributed by atoms with Crippen LogP contribution in [0.3, 0.4) is 0 Å². The summed E-state index contributed by atoms with van der Waals surface area (Å²) in [4.78, 5) is 15.2. The van der Waals surface area contributed by atoms with Gasteiger partial charge in [-0.3, -0.25) is 4.79 Å². The highest BCUT2D eigenvalue weighted by molar-refractivity contribution is 5.99. The Morgan fingerprint density at radius 3 is 2.40 bits per heavy atom. The number of phenols is 1. The van der Waals surface area contributed by atoms with Crippen molar-refractivity contribution >= 4 is 33.8 Å². The number of carbonyl (C=O) groups excluding carboxylic acids is 1. The van der Waals surface area contributed by atoms with Gasteiger partial charge in [0.1, 0.15) is 11.4 Å². The van der Waals surface area contributed by atoms with Gasteiger partial charge in [0.25, 0.3) is 5.91 Å². The molecule has 0 atom stereocenters. The number of hydrazone groups is 1. The Morgan fingerprint density at radius 1 is 0.960 bits per heavy atom. The number of hydrogen-bond acceptors (Lipinski definition) is 3. The Hall–Kier alpha value is -3.60. The predicted molar refractivity (Wildman–Crippen MR) is 99.0 cm³/mol. The maximum Gasteiger partial charge on any atom is 0.287 e. The Bertz CT molecular complexity index is 1080. The van der Waals surface area contributed by atoms with Gasteiger partial charge in [0.15, 0.2) is 0 Å². The average molecular weight is 329 g/mol. The zero-order valence-electron chi connectivity index (χ0n) is 13.2. The van der Waals surface area contributed by atoms with Crippen LogP contribution in [0.15, 0.2) is 71.8 Å². The molecular formula is C20H15N3O2. The maximum absolute atomic E-state index is 12.2. The molecule has 5 nitrogen and oxygen atoms in total. The van der Waals surface area contributed by atoms with Gasteiger partial charge in [-0.2, -0.15) is 5.10 Å². The van der Waals surface area contributed by atoms with Crippen LogP contribution in [0.1, 0.15) is 16.1 Å². The van der Waals surface area contributed by atoms with E-state index in [0.717, 1.165) is 21.7 Å². The van der Waals surface area contributed by atoms with Crippen LogP contribution in [0.25, 0.3) is 21.7 Å². The molecule has 1 amide bonds. The highest BCUT2D eigenvalue weighted by Crippen LogP contribution is 2.23. The van der Waals surface area contributed by atoms with Crippen molar-refractivity contribution in [3.63, 3.8) is 0 Å². The lowest BCUT2D eigenvalue weighted by Crippen LogP contribution is -2.17. The SMILES string of the molecule is O=C(NN=Cc1cc2ccccc2cc1O)c1cc2ccccc2[nH]1. The molecule has 0 aliphatic carbocycles. The number of para-hydroxylation sites is 1. The van der Waals surface area contributed by atoms with Crippen LogP contribution >= 0.6 is 0 Å². The quantitative estimate of drug-likeness (QED) is 0.395. The second kappa shape index (κ2) is 6.13. The summed E-state index contributed by atoms with van der Waals surface area (Å²) in [5, 5.41) is 16.9. The number of fused-ring (bicyclic) bond motifs is 2. The summed E-state index contributed by atoms with van der Waals surface area (Å²) >= 11 is 0. The second-order valence-corrected chi connectivity index (χ2v) is 5.73. The number of phenolic OH excluding ortho intramolecular Hbond substituents is 1. The molecule has 4 rings (SSSR count). The fourth-order valence-corrected chi connectivity index (χ4v) is 2.77. The van der Waals surface area contributed by atoms with E-state index in [1.807, 2.05) is 54.6 Å². The lowest BCUT2D eigenvalue weighted by atomic mass is 10.1. The lowest BCUT2D eigenvalue weighted by molar-refractivity contribution is 0.0951. The summed E-state index contributed by atoms with van der Waals surface area (Å²) in [6, 6.07) is 20.6. The molecule has 0 radical (unpaired) electrons. The molecule has 0 spiro atoms. The molecule has 3 N–H and O–H groups in total. The molecule has 1 heterocycles. The lowest BCUT2D eigenvalue weighted by Gasteiger charge is -2.03. The first kappa shape index (κ1) is 15.0. The van der Waals surface area contributed by atoms with Gasteiger partial charge in [-0.1, -0.05) is 42.5 Å². The molecule has 3 aromatic carbocycles. The van der Waals surface area contributed by atoms with Crippen LogP contribution in [-0.2, 0) is 0 Å². The van der Waals surface area contributed by atoms with E-state index in [2.05, 4.69) is 15.5 Å². The third-order valence-corrected chi connectivity index (χ3v) is 4.04. The first-order valence-corrected chi connectivity index (χ1v) is 7.83. The van der Waals surface area contributed by atoms with E-state index in [0.29, 0.717) is 11.3 Å². The molecule has 0 fully saturated rings. The molecule has 0 aliphatic rings. The van der Waals surface area contributed by atoms with Crippen LogP contribution in [0.4, 0.5) is 0 Å². The number of nitrogens with zero attached hydrogens (tertiary/aromatic N) is 1. The first-order valence-electron chi connectivity index (χ1n) is 7.83. The van der Waals surface area contributed by atoms with Crippen molar-refractivity contribution in [1.29, 1.82) is 0 Å². The zero-order chi connectivity index (χ0) is 17.2. The number of amides is 1. The number of hydrogen-bond donors (Lipinski definition) is 3. The maximum atomic E-state index is 12.2. The van der Waals surface area contributed by atoms with Gasteiger partial charge in [0.2, 0.25) is 0 Å². The van der Waals surface area contributed by atoms with Crippen molar-refractivity contribution in [2.75, 3.05) is 0 Å². The minimum atomic E-state index is -0.340.